The first-order valence-corrected chi connectivity index (χ1v) is 9.04. The fourth-order valence-electron chi connectivity index (χ4n) is 2.96. The fourth-order valence-corrected chi connectivity index (χ4v) is 3.17. The van der Waals surface area contributed by atoms with Crippen LogP contribution in [0.2, 0.25) is 5.02 Å². The van der Waals surface area contributed by atoms with Gasteiger partial charge in [0.2, 0.25) is 5.88 Å². The average molecular weight is 414 g/mol. The number of aromatic nitrogens is 3. The summed E-state index contributed by atoms with van der Waals surface area (Å²) in [7, 11) is 0. The highest BCUT2D eigenvalue weighted by molar-refractivity contribution is 6.31. The largest absolute Gasteiger partial charge is 0.471 e. The Bertz CT molecular complexity index is 1260. The van der Waals surface area contributed by atoms with Crippen molar-refractivity contribution in [2.75, 3.05) is 0 Å². The van der Waals surface area contributed by atoms with Gasteiger partial charge in [-0.15, -0.1) is 0 Å². The first-order valence-electron chi connectivity index (χ1n) is 8.66. The molecule has 146 valence electrons. The predicted octanol–water partition coefficient (Wildman–Crippen LogP) is 4.35. The molecule has 2 aromatic carbocycles. The molecule has 0 atom stereocenters. The zero-order valence-electron chi connectivity index (χ0n) is 15.0. The number of pyridine rings is 1. The first-order chi connectivity index (χ1) is 14.0. The third-order valence-corrected chi connectivity index (χ3v) is 4.77. The lowest BCUT2D eigenvalue weighted by Crippen LogP contribution is -2.22. The van der Waals surface area contributed by atoms with Gasteiger partial charge in [0.1, 0.15) is 24.6 Å². The second kappa shape index (κ2) is 7.97. The van der Waals surface area contributed by atoms with Gasteiger partial charge in [0.15, 0.2) is 5.02 Å². The van der Waals surface area contributed by atoms with E-state index >= 15 is 0 Å². The number of benzene rings is 2. The highest BCUT2D eigenvalue weighted by Gasteiger charge is 2.13. The van der Waals surface area contributed by atoms with Crippen LogP contribution in [0.25, 0.3) is 10.8 Å². The third kappa shape index (κ3) is 3.95. The van der Waals surface area contributed by atoms with E-state index in [4.69, 9.17) is 16.3 Å². The zero-order valence-corrected chi connectivity index (χ0v) is 15.7. The van der Waals surface area contributed by atoms with E-state index in [0.29, 0.717) is 0 Å². The van der Waals surface area contributed by atoms with Crippen molar-refractivity contribution in [1.29, 1.82) is 0 Å². The molecular formula is C21H14ClF2N3O2. The van der Waals surface area contributed by atoms with Crippen LogP contribution >= 0.6 is 11.6 Å². The quantitative estimate of drug-likeness (QED) is 0.488. The summed E-state index contributed by atoms with van der Waals surface area (Å²) < 4.78 is 33.4. The lowest BCUT2D eigenvalue weighted by Gasteiger charge is -2.11. The molecule has 0 bridgehead atoms. The molecule has 4 aromatic rings. The smallest absolute Gasteiger partial charge is 0.276 e. The molecule has 0 spiro atoms. The van der Waals surface area contributed by atoms with Crippen molar-refractivity contribution < 1.29 is 13.5 Å². The van der Waals surface area contributed by atoms with Gasteiger partial charge in [-0.2, -0.15) is 0 Å². The van der Waals surface area contributed by atoms with Gasteiger partial charge < -0.3 is 4.74 Å². The Morgan fingerprint density at radius 3 is 2.79 bits per heavy atom. The van der Waals surface area contributed by atoms with Crippen molar-refractivity contribution in [3.05, 3.63) is 99.3 Å². The monoisotopic (exact) mass is 413 g/mol. The summed E-state index contributed by atoms with van der Waals surface area (Å²) in [6, 6.07) is 10.7. The number of fused-ring (bicyclic) bond motifs is 1. The van der Waals surface area contributed by atoms with Crippen molar-refractivity contribution in [3.8, 4) is 5.88 Å². The molecule has 0 radical (unpaired) electrons. The van der Waals surface area contributed by atoms with Gasteiger partial charge in [-0.25, -0.2) is 13.8 Å². The second-order valence-corrected chi connectivity index (χ2v) is 6.71. The molecule has 4 rings (SSSR count). The van der Waals surface area contributed by atoms with E-state index in [0.717, 1.165) is 28.5 Å². The Labute approximate surface area is 169 Å². The van der Waals surface area contributed by atoms with Crippen LogP contribution in [0.1, 0.15) is 11.1 Å². The molecule has 0 amide bonds. The van der Waals surface area contributed by atoms with E-state index in [1.54, 1.807) is 12.4 Å². The normalized spacial score (nSPS) is 11.0. The van der Waals surface area contributed by atoms with E-state index in [9.17, 15) is 13.6 Å². The minimum atomic E-state index is -0.750. The summed E-state index contributed by atoms with van der Waals surface area (Å²) in [5.74, 6) is -1.55. The Morgan fingerprint density at radius 2 is 1.97 bits per heavy atom. The molecule has 8 heteroatoms. The lowest BCUT2D eigenvalue weighted by atomic mass is 10.1. The minimum absolute atomic E-state index is 0.112. The molecule has 0 unspecified atom stereocenters. The van der Waals surface area contributed by atoms with Gasteiger partial charge >= 0.3 is 0 Å². The second-order valence-electron chi connectivity index (χ2n) is 6.34. The summed E-state index contributed by atoms with van der Waals surface area (Å²) in [4.78, 5) is 20.8. The van der Waals surface area contributed by atoms with E-state index in [1.165, 1.54) is 17.0 Å². The van der Waals surface area contributed by atoms with Crippen molar-refractivity contribution in [3.63, 3.8) is 0 Å². The fraction of sp³-hybridized carbons (Fsp3) is 0.0952. The Kier molecular flexibility index (Phi) is 5.22. The van der Waals surface area contributed by atoms with Crippen LogP contribution in [0.4, 0.5) is 8.78 Å². The van der Waals surface area contributed by atoms with Crippen LogP contribution in [0.5, 0.6) is 5.88 Å². The van der Waals surface area contributed by atoms with Gasteiger partial charge in [-0.3, -0.25) is 14.3 Å². The number of hydrogen-bond acceptors (Lipinski definition) is 4. The third-order valence-electron chi connectivity index (χ3n) is 4.44. The number of ether oxygens (including phenoxy) is 1. The Hall–Kier alpha value is -3.32. The van der Waals surface area contributed by atoms with Gasteiger partial charge in [0.05, 0.1) is 6.54 Å². The molecule has 5 nitrogen and oxygen atoms in total. The van der Waals surface area contributed by atoms with Crippen molar-refractivity contribution >= 4 is 22.4 Å². The molecule has 0 aliphatic rings. The highest BCUT2D eigenvalue weighted by atomic mass is 35.5. The summed E-state index contributed by atoms with van der Waals surface area (Å²) in [6.07, 6.45) is 4.76. The molecule has 0 saturated heterocycles. The summed E-state index contributed by atoms with van der Waals surface area (Å²) in [5.41, 5.74) is 0.548. The standard InChI is InChI=1S/C21H14ClF2N3O2/c22-19-20(29-11-15-4-5-16(23)8-18(15)24)26-12-27(21(19)28)10-14-3-1-2-13-9-25-7-6-17(13)14/h1-9,12H,10-11H2. The predicted molar refractivity (Wildman–Crippen MR) is 105 cm³/mol. The van der Waals surface area contributed by atoms with Crippen LogP contribution in [0, 0.1) is 11.6 Å². The number of rotatable bonds is 5. The van der Waals surface area contributed by atoms with Gasteiger partial charge in [-0.1, -0.05) is 29.8 Å². The molecular weight excluding hydrogens is 400 g/mol. The van der Waals surface area contributed by atoms with Gasteiger partial charge in [0, 0.05) is 29.4 Å². The van der Waals surface area contributed by atoms with E-state index in [1.807, 2.05) is 24.3 Å². The van der Waals surface area contributed by atoms with Gasteiger partial charge in [-0.05, 0) is 29.1 Å². The number of halogens is 3. The molecule has 0 aliphatic heterocycles. The maximum Gasteiger partial charge on any atom is 0.276 e. The van der Waals surface area contributed by atoms with E-state index < -0.39 is 17.2 Å². The van der Waals surface area contributed by atoms with E-state index in [2.05, 4.69) is 9.97 Å². The van der Waals surface area contributed by atoms with Crippen LogP contribution < -0.4 is 10.3 Å². The van der Waals surface area contributed by atoms with Crippen LogP contribution in [-0.4, -0.2) is 14.5 Å². The number of hydrogen-bond donors (Lipinski definition) is 0. The molecule has 0 aliphatic carbocycles. The van der Waals surface area contributed by atoms with Crippen molar-refractivity contribution in [2.45, 2.75) is 13.2 Å². The summed E-state index contributed by atoms with van der Waals surface area (Å²) >= 11 is 6.13. The zero-order chi connectivity index (χ0) is 20.4. The molecule has 0 N–H and O–H groups in total. The van der Waals surface area contributed by atoms with Crippen LogP contribution in [0.3, 0.4) is 0 Å². The summed E-state index contributed by atoms with van der Waals surface area (Å²) in [6.45, 7) is 0.0262. The average Bonchev–Trinajstić information content (AvgIpc) is 2.72. The first kappa shape index (κ1) is 19.0. The maximum absolute atomic E-state index is 13.7. The highest BCUT2D eigenvalue weighted by Crippen LogP contribution is 2.21. The lowest BCUT2D eigenvalue weighted by molar-refractivity contribution is 0.286. The SMILES string of the molecule is O=c1c(Cl)c(OCc2ccc(F)cc2F)ncn1Cc1cccc2cnccc12. The van der Waals surface area contributed by atoms with Crippen molar-refractivity contribution in [1.82, 2.24) is 14.5 Å². The molecule has 2 aromatic heterocycles. The topological polar surface area (TPSA) is 57.0 Å². The Balaban J connectivity index is 1.58. The maximum atomic E-state index is 13.7. The number of nitrogens with zero attached hydrogens (tertiary/aromatic N) is 3. The van der Waals surface area contributed by atoms with Crippen LogP contribution in [0.15, 0.2) is 66.0 Å². The van der Waals surface area contributed by atoms with Crippen LogP contribution in [-0.2, 0) is 13.2 Å². The Morgan fingerprint density at radius 1 is 1.10 bits per heavy atom. The minimum Gasteiger partial charge on any atom is -0.471 e. The summed E-state index contributed by atoms with van der Waals surface area (Å²) in [5, 5.41) is 1.72. The molecule has 29 heavy (non-hydrogen) atoms. The van der Waals surface area contributed by atoms with E-state index in [-0.39, 0.29) is 29.6 Å². The molecule has 0 fully saturated rings. The van der Waals surface area contributed by atoms with Gasteiger partial charge in [0.25, 0.3) is 5.56 Å². The van der Waals surface area contributed by atoms with Crippen molar-refractivity contribution in [2.24, 2.45) is 0 Å². The molecule has 0 saturated carbocycles. The molecule has 2 heterocycles.